The highest BCUT2D eigenvalue weighted by Gasteiger charge is 2.50. The highest BCUT2D eigenvalue weighted by molar-refractivity contribution is 6.22. The first kappa shape index (κ1) is 25.2. The smallest absolute Gasteiger partial charge is 0.316 e. The normalized spacial score (nSPS) is 25.5. The number of aryl methyl sites for hydroxylation is 2. The van der Waals surface area contributed by atoms with E-state index in [1.807, 2.05) is 18.2 Å². The number of carbonyl (C=O) groups is 4. The largest absolute Gasteiger partial charge is 0.426 e. The predicted molar refractivity (Wildman–Crippen MR) is 140 cm³/mol. The van der Waals surface area contributed by atoms with Gasteiger partial charge >= 0.3 is 5.97 Å². The lowest BCUT2D eigenvalue weighted by Crippen LogP contribution is -2.31. The number of fused-ring (bicyclic) bond motifs is 1. The topological polar surface area (TPSA) is 84.0 Å². The first-order chi connectivity index (χ1) is 17.8. The van der Waals surface area contributed by atoms with Gasteiger partial charge in [-0.1, -0.05) is 45.0 Å². The number of benzene rings is 2. The van der Waals surface area contributed by atoms with Crippen LogP contribution in [0.2, 0.25) is 0 Å². The van der Waals surface area contributed by atoms with Crippen molar-refractivity contribution in [2.24, 2.45) is 23.7 Å². The lowest BCUT2D eigenvalue weighted by atomic mass is 9.76. The third kappa shape index (κ3) is 4.56. The first-order valence-electron chi connectivity index (χ1n) is 13.4. The zero-order valence-electron chi connectivity index (χ0n) is 21.7. The van der Waals surface area contributed by atoms with Crippen LogP contribution in [0.3, 0.4) is 0 Å². The Morgan fingerprint density at radius 3 is 2.32 bits per heavy atom. The zero-order chi connectivity index (χ0) is 26.3. The molecule has 0 N–H and O–H groups in total. The zero-order valence-corrected chi connectivity index (χ0v) is 21.7. The van der Waals surface area contributed by atoms with Crippen LogP contribution < -0.4 is 14.5 Å². The fourth-order valence-corrected chi connectivity index (χ4v) is 6.17. The summed E-state index contributed by atoms with van der Waals surface area (Å²) in [6.45, 7) is 6.51. The molecule has 3 fully saturated rings. The monoisotopic (exact) mass is 502 g/mol. The molecular formula is C30H34N2O5. The van der Waals surface area contributed by atoms with E-state index >= 15 is 0 Å². The fourth-order valence-electron chi connectivity index (χ4n) is 6.17. The van der Waals surface area contributed by atoms with E-state index in [9.17, 15) is 19.2 Å². The van der Waals surface area contributed by atoms with Crippen LogP contribution in [-0.2, 0) is 32.0 Å². The maximum Gasteiger partial charge on any atom is 0.316 e. The number of nitrogens with zero attached hydrogens (tertiary/aromatic N) is 2. The maximum atomic E-state index is 13.1. The Labute approximate surface area is 217 Å². The second-order valence-corrected chi connectivity index (χ2v) is 10.6. The van der Waals surface area contributed by atoms with Gasteiger partial charge in [-0.05, 0) is 61.3 Å². The molecule has 3 amide bonds. The molecule has 7 heteroatoms. The molecule has 2 aromatic carbocycles. The summed E-state index contributed by atoms with van der Waals surface area (Å²) in [5.74, 6) is -1.33. The van der Waals surface area contributed by atoms with E-state index in [1.54, 1.807) is 29.2 Å². The van der Waals surface area contributed by atoms with Crippen molar-refractivity contribution in [2.75, 3.05) is 16.3 Å². The quantitative estimate of drug-likeness (QED) is 0.325. The summed E-state index contributed by atoms with van der Waals surface area (Å²) in [7, 11) is 0. The molecule has 2 heterocycles. The third-order valence-electron chi connectivity index (χ3n) is 8.18. The Kier molecular flexibility index (Phi) is 6.88. The summed E-state index contributed by atoms with van der Waals surface area (Å²) in [5, 5.41) is 0. The van der Waals surface area contributed by atoms with Crippen LogP contribution in [0.4, 0.5) is 11.4 Å². The van der Waals surface area contributed by atoms with Gasteiger partial charge in [0, 0.05) is 24.7 Å². The molecule has 1 saturated carbocycles. The third-order valence-corrected chi connectivity index (χ3v) is 8.18. The molecule has 7 nitrogen and oxygen atoms in total. The van der Waals surface area contributed by atoms with Crippen molar-refractivity contribution < 1.29 is 23.9 Å². The molecule has 0 bridgehead atoms. The van der Waals surface area contributed by atoms with Gasteiger partial charge in [0.2, 0.25) is 17.7 Å². The van der Waals surface area contributed by atoms with Gasteiger partial charge < -0.3 is 9.64 Å². The number of amides is 3. The summed E-state index contributed by atoms with van der Waals surface area (Å²) in [6, 6.07) is 12.6. The summed E-state index contributed by atoms with van der Waals surface area (Å²) in [6.07, 6.45) is 4.09. The highest BCUT2D eigenvalue weighted by Crippen LogP contribution is 2.42. The number of esters is 1. The van der Waals surface area contributed by atoms with Crippen molar-refractivity contribution in [3.8, 4) is 5.75 Å². The van der Waals surface area contributed by atoms with Gasteiger partial charge in [-0.25, -0.2) is 4.90 Å². The van der Waals surface area contributed by atoms with Crippen LogP contribution in [0.15, 0.2) is 42.5 Å². The van der Waals surface area contributed by atoms with Crippen molar-refractivity contribution in [1.29, 1.82) is 0 Å². The Morgan fingerprint density at radius 2 is 1.62 bits per heavy atom. The molecule has 1 aliphatic carbocycles. The maximum absolute atomic E-state index is 13.1. The Bertz CT molecular complexity index is 1230. The van der Waals surface area contributed by atoms with Gasteiger partial charge in [-0.3, -0.25) is 19.2 Å². The predicted octanol–water partition coefficient (Wildman–Crippen LogP) is 4.70. The van der Waals surface area contributed by atoms with Crippen molar-refractivity contribution in [3.05, 3.63) is 53.6 Å². The Balaban J connectivity index is 1.31. The van der Waals surface area contributed by atoms with E-state index < -0.39 is 11.9 Å². The number of carbonyl (C=O) groups excluding carboxylic acids is 4. The molecule has 0 spiro atoms. The molecule has 0 aromatic heterocycles. The standard InChI is InChI=1S/C30H34N2O5/c1-4-19-8-6-9-20(5-2)27(19)31-17-21(15-26(31)33)30(36)37-23-11-7-10-22(16-23)32-28(34)24-13-12-18(3)14-25(24)29(32)35/h6-11,16,18,21,24-25H,4-5,12-15,17H2,1-3H3/t18-,21-,24-,25+/m1/s1. The van der Waals surface area contributed by atoms with Crippen molar-refractivity contribution in [2.45, 2.75) is 59.3 Å². The lowest BCUT2D eigenvalue weighted by Gasteiger charge is -2.25. The Hall–Kier alpha value is -3.48. The highest BCUT2D eigenvalue weighted by atomic mass is 16.5. The van der Waals surface area contributed by atoms with E-state index in [0.717, 1.165) is 48.9 Å². The molecule has 5 rings (SSSR count). The van der Waals surface area contributed by atoms with Crippen LogP contribution in [-0.4, -0.2) is 30.2 Å². The van der Waals surface area contributed by atoms with Crippen LogP contribution >= 0.6 is 0 Å². The molecule has 37 heavy (non-hydrogen) atoms. The first-order valence-corrected chi connectivity index (χ1v) is 13.4. The Morgan fingerprint density at radius 1 is 0.946 bits per heavy atom. The minimum atomic E-state index is -0.592. The fraction of sp³-hybridized carbons (Fsp3) is 0.467. The summed E-state index contributed by atoms with van der Waals surface area (Å²) >= 11 is 0. The minimum absolute atomic E-state index is 0.0867. The summed E-state index contributed by atoms with van der Waals surface area (Å²) in [5.41, 5.74) is 3.52. The molecule has 4 atom stereocenters. The van der Waals surface area contributed by atoms with Crippen LogP contribution in [0.5, 0.6) is 5.75 Å². The molecule has 0 unspecified atom stereocenters. The van der Waals surface area contributed by atoms with E-state index in [4.69, 9.17) is 4.74 Å². The summed E-state index contributed by atoms with van der Waals surface area (Å²) < 4.78 is 5.68. The number of anilines is 2. The SMILES string of the molecule is CCc1cccc(CC)c1N1C[C@H](C(=O)Oc2cccc(N3C(=O)[C@H]4C[C@H](C)CC[C@H]4C3=O)c2)CC1=O. The van der Waals surface area contributed by atoms with Crippen molar-refractivity contribution in [1.82, 2.24) is 0 Å². The number of rotatable bonds is 6. The second kappa shape index (κ2) is 10.1. The van der Waals surface area contributed by atoms with Crippen molar-refractivity contribution in [3.63, 3.8) is 0 Å². The van der Waals surface area contributed by atoms with Gasteiger partial charge in [0.05, 0.1) is 23.4 Å². The van der Waals surface area contributed by atoms with E-state index in [0.29, 0.717) is 11.6 Å². The van der Waals surface area contributed by atoms with Gasteiger partial charge in [0.15, 0.2) is 0 Å². The summed E-state index contributed by atoms with van der Waals surface area (Å²) in [4.78, 5) is 55.2. The van der Waals surface area contributed by atoms with Gasteiger partial charge in [0.1, 0.15) is 5.75 Å². The molecule has 2 saturated heterocycles. The number of imide groups is 1. The lowest BCUT2D eigenvalue weighted by molar-refractivity contribution is -0.139. The minimum Gasteiger partial charge on any atom is -0.426 e. The molecule has 2 aromatic rings. The average Bonchev–Trinajstić information content (AvgIpc) is 3.40. The van der Waals surface area contributed by atoms with Gasteiger partial charge in [-0.15, -0.1) is 0 Å². The van der Waals surface area contributed by atoms with Gasteiger partial charge in [-0.2, -0.15) is 0 Å². The second-order valence-electron chi connectivity index (χ2n) is 10.6. The number of para-hydroxylation sites is 1. The van der Waals surface area contributed by atoms with Crippen LogP contribution in [0, 0.1) is 23.7 Å². The molecule has 2 aliphatic heterocycles. The van der Waals surface area contributed by atoms with E-state index in [-0.39, 0.29) is 48.3 Å². The average molecular weight is 503 g/mol. The number of ether oxygens (including phenoxy) is 1. The number of hydrogen-bond donors (Lipinski definition) is 0. The van der Waals surface area contributed by atoms with Crippen LogP contribution in [0.1, 0.15) is 57.6 Å². The van der Waals surface area contributed by atoms with Crippen molar-refractivity contribution >= 4 is 35.1 Å². The van der Waals surface area contributed by atoms with Gasteiger partial charge in [0.25, 0.3) is 0 Å². The number of hydrogen-bond acceptors (Lipinski definition) is 5. The van der Waals surface area contributed by atoms with Crippen LogP contribution in [0.25, 0.3) is 0 Å². The van der Waals surface area contributed by atoms with E-state index in [2.05, 4.69) is 20.8 Å². The molecule has 3 aliphatic rings. The molecule has 194 valence electrons. The van der Waals surface area contributed by atoms with E-state index in [1.165, 1.54) is 4.90 Å². The molecule has 0 radical (unpaired) electrons. The molecular weight excluding hydrogens is 468 g/mol.